The van der Waals surface area contributed by atoms with E-state index in [1.807, 2.05) is 18.6 Å². The molecule has 0 saturated heterocycles. The van der Waals surface area contributed by atoms with Crippen LogP contribution in [0, 0.1) is 5.92 Å². The number of imidazole rings is 1. The van der Waals surface area contributed by atoms with E-state index in [9.17, 15) is 0 Å². The number of halogens is 1. The van der Waals surface area contributed by atoms with Crippen molar-refractivity contribution in [2.45, 2.75) is 43.8 Å². The zero-order chi connectivity index (χ0) is 15.4. The maximum absolute atomic E-state index is 5.87. The standard InChI is InChI=1S/C16H23N5S.ClH/c1-2-22-16-19-10-13(11-20-16)15-18-6-7-21(15)14-5-3-4-12(8-14)9-17;/h6-7,10-12,14H,2-5,8-9,17H2,1H3;1H/t12-,14+;/m0./s1. The van der Waals surface area contributed by atoms with Crippen molar-refractivity contribution < 1.29 is 0 Å². The number of nitrogens with two attached hydrogens (primary N) is 1. The molecule has 2 aromatic heterocycles. The van der Waals surface area contributed by atoms with E-state index < -0.39 is 0 Å². The SMILES string of the molecule is CCSc1ncc(-c2nccn2[C@@H]2CCC[C@H](CN)C2)cn1.Cl. The maximum atomic E-state index is 5.87. The fraction of sp³-hybridized carbons (Fsp3) is 0.562. The Morgan fingerprint density at radius 2 is 2.04 bits per heavy atom. The van der Waals surface area contributed by atoms with Crippen LogP contribution in [-0.4, -0.2) is 31.8 Å². The monoisotopic (exact) mass is 353 g/mol. The second kappa shape index (κ2) is 8.66. The van der Waals surface area contributed by atoms with Gasteiger partial charge in [-0.2, -0.15) is 0 Å². The van der Waals surface area contributed by atoms with Crippen LogP contribution < -0.4 is 5.73 Å². The van der Waals surface area contributed by atoms with Gasteiger partial charge >= 0.3 is 0 Å². The molecule has 2 atom stereocenters. The fourth-order valence-corrected chi connectivity index (χ4v) is 3.71. The van der Waals surface area contributed by atoms with Crippen LogP contribution in [0.2, 0.25) is 0 Å². The fourth-order valence-electron chi connectivity index (χ4n) is 3.20. The molecule has 0 aromatic carbocycles. The Labute approximate surface area is 147 Å². The molecule has 0 spiro atoms. The lowest BCUT2D eigenvalue weighted by molar-refractivity contribution is 0.273. The number of thioether (sulfide) groups is 1. The smallest absolute Gasteiger partial charge is 0.187 e. The Kier molecular flexibility index (Phi) is 6.87. The molecule has 5 nitrogen and oxygen atoms in total. The third-order valence-corrected chi connectivity index (χ3v) is 5.07. The molecule has 2 N–H and O–H groups in total. The predicted octanol–water partition coefficient (Wildman–Crippen LogP) is 3.56. The summed E-state index contributed by atoms with van der Waals surface area (Å²) < 4.78 is 2.28. The Morgan fingerprint density at radius 3 is 2.74 bits per heavy atom. The number of nitrogens with zero attached hydrogens (tertiary/aromatic N) is 4. The summed E-state index contributed by atoms with van der Waals surface area (Å²) in [5.74, 6) is 2.58. The zero-order valence-corrected chi connectivity index (χ0v) is 15.0. The molecule has 126 valence electrons. The summed E-state index contributed by atoms with van der Waals surface area (Å²) in [5, 5.41) is 0.824. The van der Waals surface area contributed by atoms with Crippen molar-refractivity contribution in [1.29, 1.82) is 0 Å². The van der Waals surface area contributed by atoms with Crippen LogP contribution >= 0.6 is 24.2 Å². The maximum Gasteiger partial charge on any atom is 0.187 e. The topological polar surface area (TPSA) is 69.6 Å². The average Bonchev–Trinajstić information content (AvgIpc) is 3.05. The molecule has 1 fully saturated rings. The molecule has 2 heterocycles. The van der Waals surface area contributed by atoms with Gasteiger partial charge in [0.15, 0.2) is 5.16 Å². The van der Waals surface area contributed by atoms with Gasteiger partial charge in [0.25, 0.3) is 0 Å². The Hall–Kier alpha value is -1.11. The van der Waals surface area contributed by atoms with Gasteiger partial charge in [-0.3, -0.25) is 0 Å². The third-order valence-electron chi connectivity index (χ3n) is 4.31. The zero-order valence-electron chi connectivity index (χ0n) is 13.4. The van der Waals surface area contributed by atoms with Crippen molar-refractivity contribution >= 4 is 24.2 Å². The van der Waals surface area contributed by atoms with Gasteiger partial charge in [0, 0.05) is 30.8 Å². The summed E-state index contributed by atoms with van der Waals surface area (Å²) in [7, 11) is 0. The Bertz CT molecular complexity index is 601. The van der Waals surface area contributed by atoms with Gasteiger partial charge < -0.3 is 10.3 Å². The molecule has 23 heavy (non-hydrogen) atoms. The van der Waals surface area contributed by atoms with Gasteiger partial charge in [0.1, 0.15) is 5.82 Å². The van der Waals surface area contributed by atoms with E-state index in [0.29, 0.717) is 12.0 Å². The first-order chi connectivity index (χ1) is 10.8. The minimum Gasteiger partial charge on any atom is -0.330 e. The molecule has 7 heteroatoms. The quantitative estimate of drug-likeness (QED) is 0.657. The minimum atomic E-state index is 0. The first kappa shape index (κ1) is 18.2. The summed E-state index contributed by atoms with van der Waals surface area (Å²) in [4.78, 5) is 13.4. The highest BCUT2D eigenvalue weighted by Gasteiger charge is 2.24. The van der Waals surface area contributed by atoms with Crippen LogP contribution in [0.5, 0.6) is 0 Å². The third kappa shape index (κ3) is 4.25. The number of aromatic nitrogens is 4. The molecule has 0 bridgehead atoms. The van der Waals surface area contributed by atoms with Crippen molar-refractivity contribution in [3.8, 4) is 11.4 Å². The van der Waals surface area contributed by atoms with Gasteiger partial charge in [-0.05, 0) is 37.5 Å². The van der Waals surface area contributed by atoms with Crippen LogP contribution in [0.3, 0.4) is 0 Å². The van der Waals surface area contributed by atoms with Crippen molar-refractivity contribution in [3.63, 3.8) is 0 Å². The molecule has 1 saturated carbocycles. The lowest BCUT2D eigenvalue weighted by atomic mass is 9.85. The van der Waals surface area contributed by atoms with Gasteiger partial charge in [-0.15, -0.1) is 12.4 Å². The van der Waals surface area contributed by atoms with Crippen molar-refractivity contribution in [2.24, 2.45) is 11.7 Å². The molecule has 3 rings (SSSR count). The van der Waals surface area contributed by atoms with E-state index in [0.717, 1.165) is 35.3 Å². The molecule has 2 aromatic rings. The van der Waals surface area contributed by atoms with Crippen molar-refractivity contribution in [2.75, 3.05) is 12.3 Å². The van der Waals surface area contributed by atoms with Crippen LogP contribution in [-0.2, 0) is 0 Å². The first-order valence-corrected chi connectivity index (χ1v) is 8.98. The molecule has 0 aliphatic heterocycles. The van der Waals surface area contributed by atoms with Crippen LogP contribution in [0.1, 0.15) is 38.6 Å². The van der Waals surface area contributed by atoms with E-state index in [2.05, 4.69) is 32.6 Å². The number of rotatable bonds is 5. The Balaban J connectivity index is 0.00000192. The molecule has 1 aliphatic carbocycles. The van der Waals surface area contributed by atoms with Crippen LogP contribution in [0.4, 0.5) is 0 Å². The van der Waals surface area contributed by atoms with Gasteiger partial charge in [0.05, 0.1) is 5.56 Å². The second-order valence-corrected chi connectivity index (χ2v) is 7.00. The number of hydrogen-bond acceptors (Lipinski definition) is 5. The summed E-state index contributed by atoms with van der Waals surface area (Å²) in [6.45, 7) is 2.89. The summed E-state index contributed by atoms with van der Waals surface area (Å²) in [5.41, 5.74) is 6.85. The van der Waals surface area contributed by atoms with E-state index >= 15 is 0 Å². The molecule has 0 amide bonds. The van der Waals surface area contributed by atoms with Gasteiger partial charge in [-0.25, -0.2) is 15.0 Å². The summed E-state index contributed by atoms with van der Waals surface area (Å²) in [6.07, 6.45) is 12.6. The van der Waals surface area contributed by atoms with Crippen molar-refractivity contribution in [3.05, 3.63) is 24.8 Å². The normalized spacial score (nSPS) is 21.0. The highest BCUT2D eigenvalue weighted by molar-refractivity contribution is 7.99. The lowest BCUT2D eigenvalue weighted by Gasteiger charge is -2.30. The largest absolute Gasteiger partial charge is 0.330 e. The van der Waals surface area contributed by atoms with E-state index in [4.69, 9.17) is 5.73 Å². The number of hydrogen-bond donors (Lipinski definition) is 1. The lowest BCUT2D eigenvalue weighted by Crippen LogP contribution is -2.24. The Morgan fingerprint density at radius 1 is 1.26 bits per heavy atom. The molecule has 0 unspecified atom stereocenters. The molecule has 0 radical (unpaired) electrons. The van der Waals surface area contributed by atoms with Gasteiger partial charge in [-0.1, -0.05) is 25.1 Å². The first-order valence-electron chi connectivity index (χ1n) is 8.00. The van der Waals surface area contributed by atoms with Gasteiger partial charge in [0.2, 0.25) is 0 Å². The predicted molar refractivity (Wildman–Crippen MR) is 96.9 cm³/mol. The van der Waals surface area contributed by atoms with E-state index in [1.54, 1.807) is 11.8 Å². The van der Waals surface area contributed by atoms with Crippen molar-refractivity contribution in [1.82, 2.24) is 19.5 Å². The minimum absolute atomic E-state index is 0. The molecule has 1 aliphatic rings. The second-order valence-electron chi connectivity index (χ2n) is 5.77. The molecular formula is C16H24ClN5S. The highest BCUT2D eigenvalue weighted by atomic mass is 35.5. The summed E-state index contributed by atoms with van der Waals surface area (Å²) in [6, 6.07) is 0.490. The van der Waals surface area contributed by atoms with Crippen LogP contribution in [0.15, 0.2) is 29.9 Å². The van der Waals surface area contributed by atoms with E-state index in [-0.39, 0.29) is 12.4 Å². The molecular weight excluding hydrogens is 330 g/mol. The van der Waals surface area contributed by atoms with E-state index in [1.165, 1.54) is 19.3 Å². The summed E-state index contributed by atoms with van der Waals surface area (Å²) >= 11 is 1.65. The average molecular weight is 354 g/mol. The highest BCUT2D eigenvalue weighted by Crippen LogP contribution is 2.34. The van der Waals surface area contributed by atoms with Crippen LogP contribution in [0.25, 0.3) is 11.4 Å².